The van der Waals surface area contributed by atoms with Crippen molar-refractivity contribution in [1.29, 1.82) is 0 Å². The van der Waals surface area contributed by atoms with Gasteiger partial charge in [-0.05, 0) is 78.7 Å². The van der Waals surface area contributed by atoms with Gasteiger partial charge in [-0.2, -0.15) is 0 Å². The number of aromatic nitrogens is 1. The number of phenols is 1. The van der Waals surface area contributed by atoms with Crippen LogP contribution in [-0.4, -0.2) is 69.5 Å². The molecule has 50 heavy (non-hydrogen) atoms. The van der Waals surface area contributed by atoms with Gasteiger partial charge in [-0.1, -0.05) is 74.7 Å². The maximum Gasteiger partial charge on any atom is 0.408 e. The molecule has 7 rings (SSSR count). The summed E-state index contributed by atoms with van der Waals surface area (Å²) in [6.07, 6.45) is 3.73. The molecule has 0 radical (unpaired) electrons. The third kappa shape index (κ3) is 8.01. The number of piperidine rings is 3. The highest BCUT2D eigenvalue weighted by molar-refractivity contribution is 5.90. The number of H-pyrrole nitrogens is 1. The molecule has 3 aromatic carbocycles. The zero-order valence-corrected chi connectivity index (χ0v) is 28.3. The first kappa shape index (κ1) is 35.1. The van der Waals surface area contributed by atoms with E-state index >= 15 is 0 Å². The molecule has 4 heterocycles. The molecule has 1 aromatic heterocycles. The topological polar surface area (TPSA) is 164 Å². The number of nitrogens with zero attached hydrogens (tertiary/aromatic N) is 1. The Bertz CT molecular complexity index is 1850. The van der Waals surface area contributed by atoms with Crippen molar-refractivity contribution in [3.05, 3.63) is 111 Å². The fourth-order valence-electron chi connectivity index (χ4n) is 7.46. The highest BCUT2D eigenvalue weighted by Crippen LogP contribution is 2.33. The number of aromatic carboxylic acids is 1. The van der Waals surface area contributed by atoms with Gasteiger partial charge >= 0.3 is 12.1 Å². The number of pyridine rings is 1. The van der Waals surface area contributed by atoms with E-state index in [2.05, 4.69) is 27.4 Å². The predicted octanol–water partition coefficient (Wildman–Crippen LogP) is 5.79. The summed E-state index contributed by atoms with van der Waals surface area (Å²) in [7, 11) is 0. The first-order valence-electron chi connectivity index (χ1n) is 17.6. The lowest BCUT2D eigenvalue weighted by molar-refractivity contribution is -0.0336. The van der Waals surface area contributed by atoms with Gasteiger partial charge in [0, 0.05) is 30.6 Å². The molecule has 1 amide bonds. The normalized spacial score (nSPS) is 20.2. The van der Waals surface area contributed by atoms with E-state index in [-0.39, 0.29) is 35.0 Å². The number of hydrogen-bond donors (Lipinski definition) is 6. The number of alkyl carbamates (subject to hydrolysis) is 1. The summed E-state index contributed by atoms with van der Waals surface area (Å²) in [6.45, 7) is 4.99. The molecule has 11 heteroatoms. The lowest BCUT2D eigenvalue weighted by atomic mass is 9.86. The molecule has 3 fully saturated rings. The molecule has 2 unspecified atom stereocenters. The monoisotopic (exact) mass is 682 g/mol. The maximum atomic E-state index is 13.3. The van der Waals surface area contributed by atoms with Crippen LogP contribution < -0.4 is 16.2 Å². The smallest absolute Gasteiger partial charge is 0.408 e. The van der Waals surface area contributed by atoms with Crippen LogP contribution in [0.1, 0.15) is 96.2 Å². The number of hydrogen-bond acceptors (Lipinski definition) is 8. The Morgan fingerprint density at radius 2 is 1.74 bits per heavy atom. The second-order valence-electron chi connectivity index (χ2n) is 13.5. The third-order valence-electron chi connectivity index (χ3n) is 10.2. The lowest BCUT2D eigenvalue weighted by Crippen LogP contribution is -2.52. The predicted molar refractivity (Wildman–Crippen MR) is 190 cm³/mol. The Morgan fingerprint density at radius 3 is 2.44 bits per heavy atom. The van der Waals surface area contributed by atoms with E-state index in [0.29, 0.717) is 34.4 Å². The van der Waals surface area contributed by atoms with Gasteiger partial charge in [-0.3, -0.25) is 9.69 Å². The number of unbranched alkanes of at least 4 members (excludes halogenated alkanes) is 2. The molecular formula is C39H46N4O7. The number of benzene rings is 3. The highest BCUT2D eigenvalue weighted by Gasteiger charge is 2.37. The van der Waals surface area contributed by atoms with Crippen LogP contribution in [0.2, 0.25) is 0 Å². The van der Waals surface area contributed by atoms with Crippen LogP contribution in [0.3, 0.4) is 0 Å². The van der Waals surface area contributed by atoms with E-state index in [4.69, 9.17) is 4.74 Å². The molecular weight excluding hydrogens is 636 g/mol. The van der Waals surface area contributed by atoms with Gasteiger partial charge in [0.05, 0.1) is 23.2 Å². The van der Waals surface area contributed by atoms with E-state index in [1.165, 1.54) is 12.1 Å². The fraction of sp³-hybridized carbons (Fsp3) is 0.410. The van der Waals surface area contributed by atoms with Gasteiger partial charge in [0.2, 0.25) is 5.56 Å². The largest absolute Gasteiger partial charge is 0.506 e. The average molecular weight is 683 g/mol. The zero-order valence-electron chi connectivity index (χ0n) is 28.3. The number of fused-ring (bicyclic) bond motifs is 4. The van der Waals surface area contributed by atoms with Crippen LogP contribution in [0.5, 0.6) is 5.75 Å². The number of nitrogens with one attached hydrogen (secondary N) is 3. The van der Waals surface area contributed by atoms with Crippen LogP contribution in [0, 0.1) is 5.92 Å². The summed E-state index contributed by atoms with van der Waals surface area (Å²) in [6, 6.07) is 19.6. The van der Waals surface area contributed by atoms with E-state index in [1.54, 1.807) is 24.3 Å². The van der Waals surface area contributed by atoms with Crippen LogP contribution in [0.15, 0.2) is 77.6 Å². The molecule has 0 spiro atoms. The number of carboxylic acids is 1. The first-order valence-corrected chi connectivity index (χ1v) is 17.6. The third-order valence-corrected chi connectivity index (χ3v) is 10.2. The summed E-state index contributed by atoms with van der Waals surface area (Å²) in [5.74, 6) is -0.841. The Morgan fingerprint density at radius 1 is 0.980 bits per heavy atom. The molecule has 264 valence electrons. The summed E-state index contributed by atoms with van der Waals surface area (Å²) in [4.78, 5) is 43.0. The fourth-order valence-corrected chi connectivity index (χ4v) is 7.46. The quantitative estimate of drug-likeness (QED) is 0.0904. The first-order chi connectivity index (χ1) is 24.2. The van der Waals surface area contributed by atoms with Crippen molar-refractivity contribution in [3.63, 3.8) is 0 Å². The van der Waals surface area contributed by atoms with Gasteiger partial charge < -0.3 is 35.7 Å². The minimum Gasteiger partial charge on any atom is -0.506 e. The Balaban J connectivity index is 1.26. The highest BCUT2D eigenvalue weighted by atomic mass is 16.6. The number of carboxylic acid groups (broad SMARTS) is 1. The Kier molecular flexibility index (Phi) is 11.2. The van der Waals surface area contributed by atoms with Crippen molar-refractivity contribution < 1.29 is 29.6 Å². The van der Waals surface area contributed by atoms with Gasteiger partial charge in [0.15, 0.2) is 0 Å². The second-order valence-corrected chi connectivity index (χ2v) is 13.5. The molecule has 3 aliphatic heterocycles. The van der Waals surface area contributed by atoms with Crippen molar-refractivity contribution in [2.24, 2.45) is 5.92 Å². The number of aromatic hydroxyl groups is 1. The molecule has 6 N–H and O–H groups in total. The Hall–Kier alpha value is -4.71. The lowest BCUT2D eigenvalue weighted by Gasteiger charge is -2.43. The molecule has 0 aliphatic carbocycles. The molecule has 11 nitrogen and oxygen atoms in total. The summed E-state index contributed by atoms with van der Waals surface area (Å²) < 4.78 is 5.95. The van der Waals surface area contributed by atoms with Crippen molar-refractivity contribution in [2.75, 3.05) is 26.2 Å². The average Bonchev–Trinajstić information content (AvgIpc) is 3.13. The number of carbonyl (C=O) groups is 2. The number of carbonyl (C=O) groups excluding carboxylic acids is 1. The Labute approximate surface area is 291 Å². The van der Waals surface area contributed by atoms with Crippen LogP contribution in [-0.2, 0) is 4.74 Å². The van der Waals surface area contributed by atoms with Crippen molar-refractivity contribution in [2.45, 2.75) is 69.7 Å². The molecule has 3 aliphatic rings. The van der Waals surface area contributed by atoms with E-state index in [1.807, 2.05) is 36.4 Å². The summed E-state index contributed by atoms with van der Waals surface area (Å²) >= 11 is 0. The molecule has 3 saturated heterocycles. The number of phenolic OH excluding ortho intramolecular Hbond substituents is 1. The number of amides is 1. The molecule has 2 bridgehead atoms. The van der Waals surface area contributed by atoms with Crippen molar-refractivity contribution in [1.82, 2.24) is 20.5 Å². The zero-order chi connectivity index (χ0) is 35.2. The summed E-state index contributed by atoms with van der Waals surface area (Å²) in [5, 5.41) is 39.0. The number of rotatable bonds is 14. The van der Waals surface area contributed by atoms with E-state index < -0.39 is 30.3 Å². The molecule has 4 atom stereocenters. The van der Waals surface area contributed by atoms with Gasteiger partial charge in [-0.25, -0.2) is 9.59 Å². The number of aliphatic hydroxyl groups is 1. The van der Waals surface area contributed by atoms with E-state index in [9.17, 15) is 29.7 Å². The van der Waals surface area contributed by atoms with Gasteiger partial charge in [-0.15, -0.1) is 0 Å². The van der Waals surface area contributed by atoms with Crippen LogP contribution in [0.25, 0.3) is 10.9 Å². The van der Waals surface area contributed by atoms with Crippen LogP contribution >= 0.6 is 0 Å². The van der Waals surface area contributed by atoms with Crippen molar-refractivity contribution in [3.8, 4) is 5.75 Å². The van der Waals surface area contributed by atoms with E-state index in [0.717, 1.165) is 57.3 Å². The summed E-state index contributed by atoms with van der Waals surface area (Å²) in [5.41, 5.74) is 2.48. The number of aromatic amines is 1. The number of aliphatic hydroxyl groups excluding tert-OH is 1. The minimum atomic E-state index is -1.10. The van der Waals surface area contributed by atoms with Gasteiger partial charge in [0.1, 0.15) is 11.9 Å². The van der Waals surface area contributed by atoms with Crippen LogP contribution in [0.4, 0.5) is 4.79 Å². The minimum absolute atomic E-state index is 0.0935. The van der Waals surface area contributed by atoms with Gasteiger partial charge in [0.25, 0.3) is 0 Å². The standard InChI is InChI=1S/C39H46N4O7/c1-2-3-5-10-31(40-22-33(45)28-13-15-32(44)37-29(28)14-16-35(46)41-37)27-12-11-26(21-30(27)38(47)48)36(25-8-6-4-7-9-25)42-39(49)50-34-23-43-19-17-24(34)18-20-43/h4,6-9,11-16,21,24,31,33-34,36,40,44-45H,2-3,5,10,17-20,22-23H2,1H3,(H,41,46)(H,42,49)(H,47,48)/t31?,33-,34-,36?/m0/s1. The maximum absolute atomic E-state index is 13.3. The number of ether oxygens (including phenoxy) is 1. The van der Waals surface area contributed by atoms with Crippen molar-refractivity contribution >= 4 is 23.0 Å². The SMILES string of the molecule is CCCCCC(NC[C@H](O)c1ccc(O)c2[nH]c(=O)ccc12)c1ccc(C(NC(=O)O[C@H]2CN3CCC2CC3)c2ccccc2)cc1C(=O)O. The molecule has 4 aromatic rings. The molecule has 0 saturated carbocycles. The second kappa shape index (κ2) is 15.9.